The van der Waals surface area contributed by atoms with Crippen molar-refractivity contribution in [1.29, 1.82) is 0 Å². The van der Waals surface area contributed by atoms with Crippen LogP contribution in [-0.2, 0) is 14.9 Å². The van der Waals surface area contributed by atoms with Crippen LogP contribution in [0.5, 0.6) is 0 Å². The largest absolute Gasteiger partial charge is 0.299 e. The third-order valence-electron chi connectivity index (χ3n) is 1.57. The van der Waals surface area contributed by atoms with Gasteiger partial charge in [-0.15, -0.1) is 0 Å². The van der Waals surface area contributed by atoms with E-state index in [4.69, 9.17) is 16.2 Å². The molecule has 4 nitrogen and oxygen atoms in total. The van der Waals surface area contributed by atoms with Crippen molar-refractivity contribution in [2.24, 2.45) is 0 Å². The SMILES string of the molecule is O=C(Cl)C(=Cc1ccccc1)S(=O)(=O)O. The van der Waals surface area contributed by atoms with Gasteiger partial charge in [-0.3, -0.25) is 9.35 Å². The average Bonchev–Trinajstić information content (AvgIpc) is 2.13. The summed E-state index contributed by atoms with van der Waals surface area (Å²) in [5.74, 6) is 0. The van der Waals surface area contributed by atoms with Crippen molar-refractivity contribution in [1.82, 2.24) is 0 Å². The zero-order valence-electron chi connectivity index (χ0n) is 7.42. The first-order chi connectivity index (χ1) is 6.91. The number of hydrogen-bond acceptors (Lipinski definition) is 3. The Hall–Kier alpha value is -1.17. The van der Waals surface area contributed by atoms with Crippen molar-refractivity contribution in [3.63, 3.8) is 0 Å². The molecular weight excluding hydrogens is 240 g/mol. The van der Waals surface area contributed by atoms with Crippen molar-refractivity contribution in [3.8, 4) is 0 Å². The minimum Gasteiger partial charge on any atom is -0.282 e. The molecule has 0 aliphatic carbocycles. The van der Waals surface area contributed by atoms with Crippen LogP contribution in [0.4, 0.5) is 0 Å². The molecule has 15 heavy (non-hydrogen) atoms. The van der Waals surface area contributed by atoms with E-state index in [0.717, 1.165) is 6.08 Å². The van der Waals surface area contributed by atoms with Gasteiger partial charge < -0.3 is 0 Å². The van der Waals surface area contributed by atoms with Crippen LogP contribution >= 0.6 is 11.6 Å². The van der Waals surface area contributed by atoms with E-state index in [1.807, 2.05) is 0 Å². The Labute approximate surface area is 91.9 Å². The molecule has 1 rings (SSSR count). The van der Waals surface area contributed by atoms with Gasteiger partial charge in [-0.25, -0.2) is 0 Å². The topological polar surface area (TPSA) is 71.4 Å². The number of hydrogen-bond donors (Lipinski definition) is 1. The number of benzene rings is 1. The second-order valence-corrected chi connectivity index (χ2v) is 4.40. The Balaban J connectivity index is 3.24. The average molecular weight is 247 g/mol. The molecule has 0 aliphatic rings. The molecule has 6 heteroatoms. The van der Waals surface area contributed by atoms with Crippen LogP contribution in [-0.4, -0.2) is 18.2 Å². The van der Waals surface area contributed by atoms with Crippen molar-refractivity contribution in [2.45, 2.75) is 0 Å². The van der Waals surface area contributed by atoms with Gasteiger partial charge in [0.25, 0.3) is 15.4 Å². The maximum Gasteiger partial charge on any atom is 0.299 e. The highest BCUT2D eigenvalue weighted by atomic mass is 35.5. The summed E-state index contributed by atoms with van der Waals surface area (Å²) in [6.07, 6.45) is 1.00. The first-order valence-electron chi connectivity index (χ1n) is 3.85. The molecule has 0 aliphatic heterocycles. The van der Waals surface area contributed by atoms with Gasteiger partial charge in [0.15, 0.2) is 4.91 Å². The van der Waals surface area contributed by atoms with Crippen molar-refractivity contribution in [2.75, 3.05) is 0 Å². The summed E-state index contributed by atoms with van der Waals surface area (Å²) in [5.41, 5.74) is 0.458. The third kappa shape index (κ3) is 3.47. The van der Waals surface area contributed by atoms with Crippen LogP contribution in [0, 0.1) is 0 Å². The minimum absolute atomic E-state index is 0.458. The van der Waals surface area contributed by atoms with Gasteiger partial charge in [0, 0.05) is 0 Å². The maximum atomic E-state index is 10.8. The molecule has 0 unspecified atom stereocenters. The Morgan fingerprint density at radius 1 is 1.27 bits per heavy atom. The lowest BCUT2D eigenvalue weighted by Gasteiger charge is -1.97. The van der Waals surface area contributed by atoms with Gasteiger partial charge in [0.05, 0.1) is 0 Å². The van der Waals surface area contributed by atoms with E-state index in [0.29, 0.717) is 5.56 Å². The van der Waals surface area contributed by atoms with E-state index in [1.165, 1.54) is 0 Å². The molecule has 0 saturated carbocycles. The Bertz CT molecular complexity index is 490. The smallest absolute Gasteiger partial charge is 0.282 e. The second-order valence-electron chi connectivity index (χ2n) is 2.67. The van der Waals surface area contributed by atoms with Crippen LogP contribution in [0.1, 0.15) is 5.56 Å². The summed E-state index contributed by atoms with van der Waals surface area (Å²) >= 11 is 5.03. The third-order valence-corrected chi connectivity index (χ3v) is 2.74. The Morgan fingerprint density at radius 2 is 1.80 bits per heavy atom. The fourth-order valence-electron chi connectivity index (χ4n) is 0.933. The number of carbonyl (C=O) groups excluding carboxylic acids is 1. The molecule has 1 aromatic rings. The van der Waals surface area contributed by atoms with E-state index >= 15 is 0 Å². The molecule has 80 valence electrons. The Kier molecular flexibility index (Phi) is 3.62. The molecule has 0 bridgehead atoms. The molecule has 0 radical (unpaired) electrons. The van der Waals surface area contributed by atoms with Crippen LogP contribution in [0.2, 0.25) is 0 Å². The highest BCUT2D eigenvalue weighted by Crippen LogP contribution is 2.14. The lowest BCUT2D eigenvalue weighted by molar-refractivity contribution is -0.107. The van der Waals surface area contributed by atoms with Gasteiger partial charge in [0.1, 0.15) is 0 Å². The van der Waals surface area contributed by atoms with E-state index in [9.17, 15) is 13.2 Å². The lowest BCUT2D eigenvalue weighted by atomic mass is 10.2. The van der Waals surface area contributed by atoms with Crippen molar-refractivity contribution >= 4 is 33.0 Å². The molecule has 0 spiro atoms. The molecular formula is C9H7ClO4S. The summed E-state index contributed by atoms with van der Waals surface area (Å²) in [5, 5.41) is -1.22. The first-order valence-corrected chi connectivity index (χ1v) is 5.67. The Morgan fingerprint density at radius 3 is 2.20 bits per heavy atom. The molecule has 1 aromatic carbocycles. The number of rotatable bonds is 3. The quantitative estimate of drug-likeness (QED) is 0.500. The van der Waals surface area contributed by atoms with E-state index < -0.39 is 20.3 Å². The number of allylic oxidation sites excluding steroid dienone is 1. The van der Waals surface area contributed by atoms with Gasteiger partial charge in [-0.1, -0.05) is 30.3 Å². The van der Waals surface area contributed by atoms with E-state index in [1.54, 1.807) is 30.3 Å². The zero-order valence-corrected chi connectivity index (χ0v) is 8.99. The van der Waals surface area contributed by atoms with Crippen molar-refractivity contribution < 1.29 is 17.8 Å². The molecule has 1 N–H and O–H groups in total. The standard InChI is InChI=1S/C9H7ClO4S/c10-9(11)8(15(12,13)14)6-7-4-2-1-3-5-7/h1-6H,(H,12,13,14). The fraction of sp³-hybridized carbons (Fsp3) is 0. The summed E-state index contributed by atoms with van der Waals surface area (Å²) in [6.45, 7) is 0. The maximum absolute atomic E-state index is 10.8. The normalized spacial score (nSPS) is 12.5. The predicted octanol–water partition coefficient (Wildman–Crippen LogP) is 1.68. The summed E-state index contributed by atoms with van der Waals surface area (Å²) < 4.78 is 30.2. The second kappa shape index (κ2) is 4.57. The minimum atomic E-state index is -4.58. The lowest BCUT2D eigenvalue weighted by Crippen LogP contribution is -2.07. The summed E-state index contributed by atoms with van der Waals surface area (Å²) in [6, 6.07) is 8.20. The molecule has 0 aromatic heterocycles. The van der Waals surface area contributed by atoms with Crippen LogP contribution in [0.3, 0.4) is 0 Å². The van der Waals surface area contributed by atoms with Gasteiger partial charge in [-0.2, -0.15) is 8.42 Å². The number of halogens is 1. The molecule has 0 amide bonds. The summed E-state index contributed by atoms with van der Waals surface area (Å²) in [4.78, 5) is 9.92. The highest BCUT2D eigenvalue weighted by molar-refractivity contribution is 7.91. The molecule has 0 heterocycles. The monoisotopic (exact) mass is 246 g/mol. The zero-order chi connectivity index (χ0) is 11.5. The fourth-order valence-corrected chi connectivity index (χ4v) is 1.77. The highest BCUT2D eigenvalue weighted by Gasteiger charge is 2.20. The van der Waals surface area contributed by atoms with E-state index in [2.05, 4.69) is 0 Å². The summed E-state index contributed by atoms with van der Waals surface area (Å²) in [7, 11) is -4.58. The molecule has 0 fully saturated rings. The van der Waals surface area contributed by atoms with Crippen LogP contribution in [0.15, 0.2) is 35.2 Å². The first kappa shape index (κ1) is 11.9. The van der Waals surface area contributed by atoms with E-state index in [-0.39, 0.29) is 0 Å². The van der Waals surface area contributed by atoms with Gasteiger partial charge in [-0.05, 0) is 23.2 Å². The van der Waals surface area contributed by atoms with Crippen LogP contribution in [0.25, 0.3) is 6.08 Å². The van der Waals surface area contributed by atoms with Crippen molar-refractivity contribution in [3.05, 3.63) is 40.8 Å². The predicted molar refractivity (Wildman–Crippen MR) is 56.8 cm³/mol. The number of carbonyl (C=O) groups is 1. The van der Waals surface area contributed by atoms with Gasteiger partial charge >= 0.3 is 0 Å². The van der Waals surface area contributed by atoms with Crippen LogP contribution < -0.4 is 0 Å². The van der Waals surface area contributed by atoms with Gasteiger partial charge in [0.2, 0.25) is 0 Å². The molecule has 0 saturated heterocycles. The molecule has 0 atom stereocenters.